The van der Waals surface area contributed by atoms with Gasteiger partial charge >= 0.3 is 6.09 Å². The van der Waals surface area contributed by atoms with Crippen LogP contribution >= 0.6 is 0 Å². The summed E-state index contributed by atoms with van der Waals surface area (Å²) in [4.78, 5) is 42.8. The molecule has 2 aliphatic rings. The number of hydrogen-bond acceptors (Lipinski definition) is 6. The fraction of sp³-hybridized carbons (Fsp3) is 0.500. The minimum atomic E-state index is -0.449. The van der Waals surface area contributed by atoms with Crippen molar-refractivity contribution in [2.24, 2.45) is 0 Å². The van der Waals surface area contributed by atoms with E-state index in [-0.39, 0.29) is 30.5 Å². The molecule has 1 unspecified atom stereocenters. The maximum absolute atomic E-state index is 12.8. The number of carbonyl (C=O) groups excluding carboxylic acids is 3. The van der Waals surface area contributed by atoms with Crippen molar-refractivity contribution in [3.63, 3.8) is 0 Å². The highest BCUT2D eigenvalue weighted by Crippen LogP contribution is 2.39. The molecular formula is C24H31N5O5. The van der Waals surface area contributed by atoms with E-state index in [0.717, 1.165) is 11.1 Å². The molecule has 0 saturated carbocycles. The number of ether oxygens (including phenoxy) is 2. The summed E-state index contributed by atoms with van der Waals surface area (Å²) >= 11 is 0. The number of hydrogen-bond donors (Lipinski definition) is 0. The lowest BCUT2D eigenvalue weighted by atomic mass is 10.0. The van der Waals surface area contributed by atoms with Crippen LogP contribution in [0, 0.1) is 0 Å². The van der Waals surface area contributed by atoms with Crippen molar-refractivity contribution in [1.29, 1.82) is 0 Å². The van der Waals surface area contributed by atoms with Crippen molar-refractivity contribution in [1.82, 2.24) is 14.7 Å². The number of carbonyl (C=O) groups is 3. The van der Waals surface area contributed by atoms with Crippen molar-refractivity contribution in [3.05, 3.63) is 30.6 Å². The predicted octanol–water partition coefficient (Wildman–Crippen LogP) is 2.52. The van der Waals surface area contributed by atoms with E-state index < -0.39 is 6.09 Å². The summed E-state index contributed by atoms with van der Waals surface area (Å²) in [5.74, 6) is -0.0927. The molecule has 10 nitrogen and oxygen atoms in total. The molecule has 3 heterocycles. The Bertz CT molecular complexity index is 1080. The Hall–Kier alpha value is -3.40. The van der Waals surface area contributed by atoms with Gasteiger partial charge in [0.25, 0.3) is 0 Å². The van der Waals surface area contributed by atoms with E-state index in [1.807, 2.05) is 31.3 Å². The van der Waals surface area contributed by atoms with E-state index >= 15 is 0 Å². The lowest BCUT2D eigenvalue weighted by molar-refractivity contribution is -0.136. The van der Waals surface area contributed by atoms with Gasteiger partial charge in [-0.25, -0.2) is 4.79 Å². The maximum atomic E-state index is 12.8. The molecule has 0 bridgehead atoms. The van der Waals surface area contributed by atoms with E-state index in [4.69, 9.17) is 9.47 Å². The molecule has 0 aliphatic carbocycles. The Morgan fingerprint density at radius 1 is 1.15 bits per heavy atom. The van der Waals surface area contributed by atoms with Gasteiger partial charge in [0.1, 0.15) is 6.54 Å². The molecule has 1 atom stereocenters. The standard InChI is InChI=1S/C24H31N5O5/c1-16(2)34-24(32)28-13-17(3)29(18(4)30)21-6-5-19(11-22(21)28)20-12-25-27(14-20)15-23(31)26-7-9-33-10-8-26/h5-6,11-12,14,16-17H,7-10,13,15H2,1-4H3. The average Bonchev–Trinajstić information content (AvgIpc) is 3.26. The highest BCUT2D eigenvalue weighted by atomic mass is 16.6. The van der Waals surface area contributed by atoms with Gasteiger partial charge in [-0.15, -0.1) is 0 Å². The normalized spacial score (nSPS) is 18.1. The number of benzene rings is 1. The molecule has 2 aromatic rings. The third kappa shape index (κ3) is 4.91. The smallest absolute Gasteiger partial charge is 0.414 e. The van der Waals surface area contributed by atoms with Gasteiger partial charge in [-0.1, -0.05) is 6.07 Å². The molecule has 10 heteroatoms. The number of nitrogens with zero attached hydrogens (tertiary/aromatic N) is 5. The van der Waals surface area contributed by atoms with Gasteiger partial charge in [-0.05, 0) is 38.5 Å². The van der Waals surface area contributed by atoms with E-state index in [2.05, 4.69) is 5.10 Å². The highest BCUT2D eigenvalue weighted by Gasteiger charge is 2.35. The topological polar surface area (TPSA) is 97.2 Å². The van der Waals surface area contributed by atoms with Crippen molar-refractivity contribution < 1.29 is 23.9 Å². The number of aromatic nitrogens is 2. The SMILES string of the molecule is CC(=O)N1c2ccc(-c3cnn(CC(=O)N4CCOCC4)c3)cc2N(C(=O)OC(C)C)CC1C. The fourth-order valence-electron chi connectivity index (χ4n) is 4.37. The molecule has 0 spiro atoms. The lowest BCUT2D eigenvalue weighted by Gasteiger charge is -2.40. The van der Waals surface area contributed by atoms with E-state index in [1.54, 1.807) is 39.4 Å². The van der Waals surface area contributed by atoms with Crippen molar-refractivity contribution in [2.45, 2.75) is 46.4 Å². The first kappa shape index (κ1) is 23.7. The molecule has 1 aromatic carbocycles. The molecular weight excluding hydrogens is 438 g/mol. The van der Waals surface area contributed by atoms with Crippen LogP contribution in [0.3, 0.4) is 0 Å². The van der Waals surface area contributed by atoms with Crippen LogP contribution in [0.5, 0.6) is 0 Å². The summed E-state index contributed by atoms with van der Waals surface area (Å²) in [6.07, 6.45) is 2.79. The van der Waals surface area contributed by atoms with Gasteiger partial charge in [-0.2, -0.15) is 5.10 Å². The molecule has 34 heavy (non-hydrogen) atoms. The zero-order valence-electron chi connectivity index (χ0n) is 20.1. The van der Waals surface area contributed by atoms with Gasteiger partial charge in [0.05, 0.1) is 42.9 Å². The first-order valence-corrected chi connectivity index (χ1v) is 11.5. The minimum absolute atomic E-state index is 0.00270. The molecule has 4 rings (SSSR count). The zero-order chi connectivity index (χ0) is 24.4. The van der Waals surface area contributed by atoms with E-state index in [9.17, 15) is 14.4 Å². The Kier molecular flexibility index (Phi) is 6.87. The van der Waals surface area contributed by atoms with Crippen molar-refractivity contribution in [2.75, 3.05) is 42.6 Å². The van der Waals surface area contributed by atoms with Gasteiger partial charge in [0, 0.05) is 38.3 Å². The Balaban J connectivity index is 1.61. The third-order valence-electron chi connectivity index (χ3n) is 5.94. The van der Waals surface area contributed by atoms with Gasteiger partial charge in [-0.3, -0.25) is 19.2 Å². The second-order valence-corrected chi connectivity index (χ2v) is 8.90. The van der Waals surface area contributed by atoms with Crippen molar-refractivity contribution >= 4 is 29.3 Å². The molecule has 0 N–H and O–H groups in total. The summed E-state index contributed by atoms with van der Waals surface area (Å²) in [6, 6.07) is 5.41. The summed E-state index contributed by atoms with van der Waals surface area (Å²) < 4.78 is 12.4. The summed E-state index contributed by atoms with van der Waals surface area (Å²) in [6.45, 7) is 9.79. The van der Waals surface area contributed by atoms with Gasteiger partial charge in [0.15, 0.2) is 0 Å². The largest absolute Gasteiger partial charge is 0.446 e. The minimum Gasteiger partial charge on any atom is -0.446 e. The number of amides is 3. The second kappa shape index (κ2) is 9.84. The summed E-state index contributed by atoms with van der Waals surface area (Å²) in [5.41, 5.74) is 2.89. The Labute approximate surface area is 199 Å². The third-order valence-corrected chi connectivity index (χ3v) is 5.94. The Morgan fingerprint density at radius 2 is 1.88 bits per heavy atom. The van der Waals surface area contributed by atoms with Crippen LogP contribution in [0.15, 0.2) is 30.6 Å². The molecule has 0 radical (unpaired) electrons. The highest BCUT2D eigenvalue weighted by molar-refractivity contribution is 6.03. The monoisotopic (exact) mass is 469 g/mol. The summed E-state index contributed by atoms with van der Waals surface area (Å²) in [5, 5.41) is 4.36. The van der Waals surface area contributed by atoms with Crippen LogP contribution < -0.4 is 9.80 Å². The average molecular weight is 470 g/mol. The van der Waals surface area contributed by atoms with Gasteiger partial charge in [0.2, 0.25) is 11.8 Å². The molecule has 182 valence electrons. The van der Waals surface area contributed by atoms with Crippen LogP contribution in [0.2, 0.25) is 0 Å². The number of rotatable bonds is 4. The Morgan fingerprint density at radius 3 is 2.56 bits per heavy atom. The first-order valence-electron chi connectivity index (χ1n) is 11.5. The lowest BCUT2D eigenvalue weighted by Crippen LogP contribution is -2.51. The van der Waals surface area contributed by atoms with Gasteiger partial charge < -0.3 is 19.3 Å². The maximum Gasteiger partial charge on any atom is 0.414 e. The first-order chi connectivity index (χ1) is 16.2. The van der Waals surface area contributed by atoms with Crippen LogP contribution in [-0.2, 0) is 25.6 Å². The zero-order valence-corrected chi connectivity index (χ0v) is 20.1. The van der Waals surface area contributed by atoms with Crippen LogP contribution in [0.4, 0.5) is 16.2 Å². The fourth-order valence-corrected chi connectivity index (χ4v) is 4.37. The second-order valence-electron chi connectivity index (χ2n) is 8.90. The van der Waals surface area contributed by atoms with Crippen molar-refractivity contribution in [3.8, 4) is 11.1 Å². The molecule has 1 aromatic heterocycles. The predicted molar refractivity (Wildman–Crippen MR) is 127 cm³/mol. The quantitative estimate of drug-likeness (QED) is 0.683. The van der Waals surface area contributed by atoms with Crippen LogP contribution in [-0.4, -0.2) is 77.6 Å². The number of morpholine rings is 1. The van der Waals surface area contributed by atoms with Crippen LogP contribution in [0.1, 0.15) is 27.7 Å². The van der Waals surface area contributed by atoms with E-state index in [0.29, 0.717) is 44.2 Å². The molecule has 1 saturated heterocycles. The van der Waals surface area contributed by atoms with Crippen LogP contribution in [0.25, 0.3) is 11.1 Å². The summed E-state index contributed by atoms with van der Waals surface area (Å²) in [7, 11) is 0. The van der Waals surface area contributed by atoms with E-state index in [1.165, 1.54) is 6.92 Å². The number of anilines is 2. The molecule has 1 fully saturated rings. The number of fused-ring (bicyclic) bond motifs is 1. The molecule has 3 amide bonds. The molecule has 2 aliphatic heterocycles.